The highest BCUT2D eigenvalue weighted by atomic mass is 16.6. The van der Waals surface area contributed by atoms with E-state index in [1.807, 2.05) is 20.8 Å². The number of nitrogens with one attached hydrogen (secondary N) is 3. The average molecular weight is 617 g/mol. The summed E-state index contributed by atoms with van der Waals surface area (Å²) < 4.78 is 10.7. The summed E-state index contributed by atoms with van der Waals surface area (Å²) in [6.45, 7) is 12.6. The van der Waals surface area contributed by atoms with E-state index in [4.69, 9.17) is 9.47 Å². The van der Waals surface area contributed by atoms with Crippen molar-refractivity contribution in [3.63, 3.8) is 0 Å². The van der Waals surface area contributed by atoms with E-state index < -0.39 is 64.8 Å². The minimum Gasteiger partial charge on any atom is -0.466 e. The van der Waals surface area contributed by atoms with Crippen LogP contribution in [0.1, 0.15) is 91.1 Å². The van der Waals surface area contributed by atoms with Crippen molar-refractivity contribution in [1.29, 1.82) is 0 Å². The van der Waals surface area contributed by atoms with Crippen molar-refractivity contribution < 1.29 is 33.4 Å². The minimum absolute atomic E-state index is 0.0173. The molecule has 1 aliphatic carbocycles. The maximum Gasteiger partial charge on any atom is 0.410 e. The van der Waals surface area contributed by atoms with E-state index in [0.717, 1.165) is 32.1 Å². The van der Waals surface area contributed by atoms with E-state index >= 15 is 0 Å². The topological polar surface area (TPSA) is 169 Å². The van der Waals surface area contributed by atoms with Gasteiger partial charge in [0.25, 0.3) is 5.91 Å². The Morgan fingerprint density at radius 2 is 1.64 bits per heavy atom. The molecule has 3 rings (SSSR count). The fraction of sp³-hybridized carbons (Fsp3) is 0.710. The van der Waals surface area contributed by atoms with Crippen molar-refractivity contribution in [2.75, 3.05) is 19.7 Å². The molecule has 4 unspecified atom stereocenters. The summed E-state index contributed by atoms with van der Waals surface area (Å²) in [4.78, 5) is 75.7. The van der Waals surface area contributed by atoms with Gasteiger partial charge in [-0.05, 0) is 51.9 Å². The molecule has 0 aromatic carbocycles. The molecular formula is C31H48N6O7. The van der Waals surface area contributed by atoms with Crippen LogP contribution in [0.3, 0.4) is 0 Å². The third kappa shape index (κ3) is 9.62. The monoisotopic (exact) mass is 616 g/mol. The van der Waals surface area contributed by atoms with E-state index in [0.29, 0.717) is 0 Å². The summed E-state index contributed by atoms with van der Waals surface area (Å²) in [6.07, 6.45) is 8.04. The van der Waals surface area contributed by atoms with Crippen LogP contribution in [0.15, 0.2) is 18.6 Å². The molecule has 44 heavy (non-hydrogen) atoms. The van der Waals surface area contributed by atoms with Crippen LogP contribution >= 0.6 is 0 Å². The van der Waals surface area contributed by atoms with Crippen molar-refractivity contribution in [2.24, 2.45) is 17.3 Å². The quantitative estimate of drug-likeness (QED) is 0.353. The van der Waals surface area contributed by atoms with E-state index in [1.54, 1.807) is 27.7 Å². The SMILES string of the molecule is CCOC(=O)C1CN(C(=O)OC(C)(C)C)CC1NC(=O)C(NC(=O)C(NC(=O)c1cnccn1)C1CCCCC1)C(C)(C)C. The molecule has 1 saturated heterocycles. The number of hydrogen-bond acceptors (Lipinski definition) is 9. The maximum absolute atomic E-state index is 13.9. The van der Waals surface area contributed by atoms with Crippen molar-refractivity contribution in [3.8, 4) is 0 Å². The summed E-state index contributed by atoms with van der Waals surface area (Å²) >= 11 is 0. The summed E-state index contributed by atoms with van der Waals surface area (Å²) in [5.74, 6) is -2.98. The number of amides is 4. The Morgan fingerprint density at radius 1 is 0.955 bits per heavy atom. The number of carbonyl (C=O) groups is 5. The molecule has 0 bridgehead atoms. The Labute approximate surface area is 259 Å². The first-order valence-corrected chi connectivity index (χ1v) is 15.4. The molecule has 244 valence electrons. The number of esters is 1. The number of aromatic nitrogens is 2. The van der Waals surface area contributed by atoms with Crippen LogP contribution in [0, 0.1) is 17.3 Å². The molecule has 3 N–H and O–H groups in total. The van der Waals surface area contributed by atoms with E-state index in [9.17, 15) is 24.0 Å². The standard InChI is InChI=1S/C31H48N6O7/c1-8-43-28(41)20-17-37(29(42)44-31(5,6)7)18-22(20)34-27(40)24(30(2,3)4)36-26(39)23(19-12-10-9-11-13-19)35-25(38)21-16-32-14-15-33-21/h14-16,19-20,22-24H,8-13,17-18H2,1-7H3,(H,34,40)(H,35,38)(H,36,39). The van der Waals surface area contributed by atoms with Gasteiger partial charge in [-0.15, -0.1) is 0 Å². The summed E-state index contributed by atoms with van der Waals surface area (Å²) in [5.41, 5.74) is -1.39. The fourth-order valence-electron chi connectivity index (χ4n) is 5.58. The molecule has 1 aromatic rings. The van der Waals surface area contributed by atoms with Gasteiger partial charge in [0.15, 0.2) is 0 Å². The van der Waals surface area contributed by atoms with E-state index in [-0.39, 0.29) is 31.3 Å². The second-order valence-electron chi connectivity index (χ2n) is 13.6. The first-order chi connectivity index (χ1) is 20.6. The van der Waals surface area contributed by atoms with Crippen LogP contribution < -0.4 is 16.0 Å². The Morgan fingerprint density at radius 3 is 2.20 bits per heavy atom. The summed E-state index contributed by atoms with van der Waals surface area (Å²) in [5, 5.41) is 8.64. The van der Waals surface area contributed by atoms with Crippen LogP contribution in [0.25, 0.3) is 0 Å². The molecule has 13 nitrogen and oxygen atoms in total. The maximum atomic E-state index is 13.9. The lowest BCUT2D eigenvalue weighted by Crippen LogP contribution is -2.61. The van der Waals surface area contributed by atoms with Crippen molar-refractivity contribution >= 4 is 29.8 Å². The van der Waals surface area contributed by atoms with Gasteiger partial charge in [0.05, 0.1) is 24.8 Å². The van der Waals surface area contributed by atoms with E-state index in [2.05, 4.69) is 25.9 Å². The highest BCUT2D eigenvalue weighted by Gasteiger charge is 2.45. The average Bonchev–Trinajstić information content (AvgIpc) is 3.38. The molecular weight excluding hydrogens is 568 g/mol. The van der Waals surface area contributed by atoms with Gasteiger partial charge in [0, 0.05) is 25.5 Å². The van der Waals surface area contributed by atoms with Gasteiger partial charge in [-0.25, -0.2) is 9.78 Å². The predicted octanol–water partition coefficient (Wildman–Crippen LogP) is 2.60. The first kappa shape index (κ1) is 34.7. The molecule has 4 amide bonds. The van der Waals surface area contributed by atoms with Gasteiger partial charge >= 0.3 is 12.1 Å². The zero-order valence-electron chi connectivity index (χ0n) is 27.0. The summed E-state index contributed by atoms with van der Waals surface area (Å²) in [7, 11) is 0. The zero-order valence-corrected chi connectivity index (χ0v) is 27.0. The van der Waals surface area contributed by atoms with Crippen LogP contribution in [-0.2, 0) is 23.9 Å². The summed E-state index contributed by atoms with van der Waals surface area (Å²) in [6, 6.07) is -2.67. The zero-order chi connectivity index (χ0) is 32.7. The smallest absolute Gasteiger partial charge is 0.410 e. The largest absolute Gasteiger partial charge is 0.466 e. The van der Waals surface area contributed by atoms with Crippen LogP contribution in [0.4, 0.5) is 4.79 Å². The number of ether oxygens (including phenoxy) is 2. The van der Waals surface area contributed by atoms with Gasteiger partial charge in [-0.2, -0.15) is 0 Å². The number of hydrogen-bond donors (Lipinski definition) is 3. The Kier molecular flexibility index (Phi) is 11.7. The Bertz CT molecular complexity index is 1170. The first-order valence-electron chi connectivity index (χ1n) is 15.4. The van der Waals surface area contributed by atoms with Gasteiger partial charge in [0.2, 0.25) is 11.8 Å². The molecule has 1 aromatic heterocycles. The lowest BCUT2D eigenvalue weighted by Gasteiger charge is -2.35. The van der Waals surface area contributed by atoms with Gasteiger partial charge in [0.1, 0.15) is 23.4 Å². The fourth-order valence-corrected chi connectivity index (χ4v) is 5.58. The molecule has 13 heteroatoms. The molecule has 0 spiro atoms. The lowest BCUT2D eigenvalue weighted by atomic mass is 9.82. The van der Waals surface area contributed by atoms with Crippen molar-refractivity contribution in [3.05, 3.63) is 24.3 Å². The molecule has 1 saturated carbocycles. The van der Waals surface area contributed by atoms with Gasteiger partial charge in [-0.3, -0.25) is 24.2 Å². The van der Waals surface area contributed by atoms with Gasteiger partial charge < -0.3 is 30.3 Å². The van der Waals surface area contributed by atoms with Crippen molar-refractivity contribution in [2.45, 2.75) is 104 Å². The highest BCUT2D eigenvalue weighted by Crippen LogP contribution is 2.28. The minimum atomic E-state index is -1.02. The molecule has 1 aliphatic heterocycles. The van der Waals surface area contributed by atoms with Crippen molar-refractivity contribution in [1.82, 2.24) is 30.8 Å². The third-order valence-electron chi connectivity index (χ3n) is 7.79. The molecule has 0 radical (unpaired) electrons. The second kappa shape index (κ2) is 14.8. The molecule has 2 heterocycles. The number of likely N-dealkylation sites (tertiary alicyclic amines) is 1. The molecule has 2 aliphatic rings. The van der Waals surface area contributed by atoms with Crippen LogP contribution in [0.2, 0.25) is 0 Å². The predicted molar refractivity (Wildman–Crippen MR) is 161 cm³/mol. The number of nitrogens with zero attached hydrogens (tertiary/aromatic N) is 3. The Balaban J connectivity index is 1.80. The molecule has 2 fully saturated rings. The highest BCUT2D eigenvalue weighted by molar-refractivity contribution is 5.97. The third-order valence-corrected chi connectivity index (χ3v) is 7.79. The van der Waals surface area contributed by atoms with Gasteiger partial charge in [-0.1, -0.05) is 40.0 Å². The molecule has 4 atom stereocenters. The normalized spacial score (nSPS) is 20.7. The number of rotatable bonds is 9. The van der Waals surface area contributed by atoms with Crippen LogP contribution in [-0.4, -0.2) is 88.1 Å². The lowest BCUT2D eigenvalue weighted by molar-refractivity contribution is -0.148. The van der Waals surface area contributed by atoms with E-state index in [1.165, 1.54) is 23.5 Å². The van der Waals surface area contributed by atoms with Crippen LogP contribution in [0.5, 0.6) is 0 Å². The second-order valence-corrected chi connectivity index (χ2v) is 13.6. The number of carbonyl (C=O) groups excluding carboxylic acids is 5. The Hall–Kier alpha value is -3.77.